The molecule has 0 aromatic carbocycles. The number of hydrogen-bond donors (Lipinski definition) is 2. The second kappa shape index (κ2) is 6.90. The van der Waals surface area contributed by atoms with Gasteiger partial charge < -0.3 is 15.0 Å². The van der Waals surface area contributed by atoms with E-state index >= 15 is 0 Å². The average molecular weight is 251 g/mol. The molecule has 1 unspecified atom stereocenters. The molecule has 1 aliphatic rings. The quantitative estimate of drug-likeness (QED) is 0.706. The minimum Gasteiger partial charge on any atom is -0.396 e. The third kappa shape index (κ3) is 3.82. The molecule has 102 valence electrons. The lowest BCUT2D eigenvalue weighted by atomic mass is 10.0. The fraction of sp³-hybridized carbons (Fsp3) is 0.786. The van der Waals surface area contributed by atoms with Gasteiger partial charge in [-0.05, 0) is 38.1 Å². The summed E-state index contributed by atoms with van der Waals surface area (Å²) >= 11 is 0. The summed E-state index contributed by atoms with van der Waals surface area (Å²) in [5.74, 6) is 0.595. The molecule has 0 bridgehead atoms. The molecule has 1 aliphatic carbocycles. The second-order valence-electron chi connectivity index (χ2n) is 5.32. The Morgan fingerprint density at radius 1 is 1.50 bits per heavy atom. The number of aromatic nitrogens is 2. The molecule has 2 rings (SSSR count). The fourth-order valence-corrected chi connectivity index (χ4v) is 2.49. The molecule has 1 atom stereocenters. The zero-order chi connectivity index (χ0) is 12.8. The maximum atomic E-state index is 9.03. The van der Waals surface area contributed by atoms with Crippen molar-refractivity contribution in [2.75, 3.05) is 13.2 Å². The number of aliphatic hydroxyl groups is 1. The minimum absolute atomic E-state index is 0.298. The molecule has 4 heteroatoms. The number of nitrogens with zero attached hydrogens (tertiary/aromatic N) is 2. The maximum absolute atomic E-state index is 9.03. The monoisotopic (exact) mass is 251 g/mol. The van der Waals surface area contributed by atoms with E-state index in [9.17, 15) is 0 Å². The van der Waals surface area contributed by atoms with E-state index in [2.05, 4.69) is 21.8 Å². The third-order valence-electron chi connectivity index (χ3n) is 3.66. The molecule has 2 N–H and O–H groups in total. The molecular formula is C14H25N3O. The van der Waals surface area contributed by atoms with Crippen molar-refractivity contribution in [2.24, 2.45) is 5.92 Å². The molecular weight excluding hydrogens is 226 g/mol. The molecule has 0 saturated heterocycles. The summed E-state index contributed by atoms with van der Waals surface area (Å²) in [6.45, 7) is 4.38. The highest BCUT2D eigenvalue weighted by atomic mass is 16.3. The number of imidazole rings is 1. The SMILES string of the molecule is CCCC(CCO)CNCc1cncn1C1CC1. The topological polar surface area (TPSA) is 50.1 Å². The lowest BCUT2D eigenvalue weighted by Gasteiger charge is -2.16. The van der Waals surface area contributed by atoms with Crippen LogP contribution in [0.4, 0.5) is 0 Å². The van der Waals surface area contributed by atoms with Gasteiger partial charge in [0.05, 0.1) is 12.0 Å². The van der Waals surface area contributed by atoms with Gasteiger partial charge in [0.25, 0.3) is 0 Å². The van der Waals surface area contributed by atoms with Crippen LogP contribution in [-0.2, 0) is 6.54 Å². The zero-order valence-electron chi connectivity index (χ0n) is 11.3. The molecule has 4 nitrogen and oxygen atoms in total. The molecule has 1 aromatic rings. The van der Waals surface area contributed by atoms with Gasteiger partial charge in [0.2, 0.25) is 0 Å². The third-order valence-corrected chi connectivity index (χ3v) is 3.66. The summed E-state index contributed by atoms with van der Waals surface area (Å²) in [4.78, 5) is 4.24. The lowest BCUT2D eigenvalue weighted by Crippen LogP contribution is -2.24. The van der Waals surface area contributed by atoms with E-state index in [-0.39, 0.29) is 0 Å². The maximum Gasteiger partial charge on any atom is 0.0951 e. The Morgan fingerprint density at radius 2 is 2.33 bits per heavy atom. The highest BCUT2D eigenvalue weighted by Crippen LogP contribution is 2.35. The van der Waals surface area contributed by atoms with Crippen molar-refractivity contribution in [1.82, 2.24) is 14.9 Å². The first kappa shape index (κ1) is 13.6. The van der Waals surface area contributed by atoms with E-state index in [1.54, 1.807) is 0 Å². The minimum atomic E-state index is 0.298. The lowest BCUT2D eigenvalue weighted by molar-refractivity contribution is 0.247. The van der Waals surface area contributed by atoms with Gasteiger partial charge in [0, 0.05) is 25.4 Å². The van der Waals surface area contributed by atoms with Crippen LogP contribution in [0.5, 0.6) is 0 Å². The number of hydrogen-bond acceptors (Lipinski definition) is 3. The molecule has 1 heterocycles. The molecule has 0 radical (unpaired) electrons. The van der Waals surface area contributed by atoms with Gasteiger partial charge in [-0.3, -0.25) is 0 Å². The highest BCUT2D eigenvalue weighted by molar-refractivity contribution is 5.03. The summed E-state index contributed by atoms with van der Waals surface area (Å²) in [6, 6.07) is 0.702. The Balaban J connectivity index is 1.74. The van der Waals surface area contributed by atoms with Gasteiger partial charge in [-0.25, -0.2) is 4.98 Å². The van der Waals surface area contributed by atoms with E-state index < -0.39 is 0 Å². The Morgan fingerprint density at radius 3 is 3.00 bits per heavy atom. The van der Waals surface area contributed by atoms with E-state index in [0.717, 1.165) is 19.5 Å². The summed E-state index contributed by atoms with van der Waals surface area (Å²) in [7, 11) is 0. The van der Waals surface area contributed by atoms with Crippen LogP contribution in [0, 0.1) is 5.92 Å². The molecule has 1 saturated carbocycles. The molecule has 1 fully saturated rings. The van der Waals surface area contributed by atoms with Gasteiger partial charge in [-0.2, -0.15) is 0 Å². The first-order valence-electron chi connectivity index (χ1n) is 7.17. The molecule has 18 heavy (non-hydrogen) atoms. The predicted molar refractivity (Wildman–Crippen MR) is 72.3 cm³/mol. The van der Waals surface area contributed by atoms with Gasteiger partial charge in [0.15, 0.2) is 0 Å². The van der Waals surface area contributed by atoms with Crippen molar-refractivity contribution < 1.29 is 5.11 Å². The molecule has 0 amide bonds. The van der Waals surface area contributed by atoms with Crippen LogP contribution in [0.15, 0.2) is 12.5 Å². The zero-order valence-corrected chi connectivity index (χ0v) is 11.3. The van der Waals surface area contributed by atoms with Crippen LogP contribution in [0.2, 0.25) is 0 Å². The van der Waals surface area contributed by atoms with Crippen LogP contribution in [0.3, 0.4) is 0 Å². The normalized spacial score (nSPS) is 17.0. The predicted octanol–water partition coefficient (Wildman–Crippen LogP) is 2.11. The van der Waals surface area contributed by atoms with Gasteiger partial charge in [-0.1, -0.05) is 13.3 Å². The Labute approximate surface area is 109 Å². The smallest absolute Gasteiger partial charge is 0.0951 e. The first-order chi connectivity index (χ1) is 8.85. The molecule has 0 spiro atoms. The van der Waals surface area contributed by atoms with Crippen molar-refractivity contribution in [2.45, 2.75) is 51.6 Å². The van der Waals surface area contributed by atoms with Crippen molar-refractivity contribution in [3.05, 3.63) is 18.2 Å². The van der Waals surface area contributed by atoms with Crippen LogP contribution >= 0.6 is 0 Å². The largest absolute Gasteiger partial charge is 0.396 e. The molecule has 1 aromatic heterocycles. The highest BCUT2D eigenvalue weighted by Gasteiger charge is 2.24. The van der Waals surface area contributed by atoms with Crippen molar-refractivity contribution >= 4 is 0 Å². The van der Waals surface area contributed by atoms with Crippen LogP contribution in [0.1, 0.15) is 50.8 Å². The van der Waals surface area contributed by atoms with Crippen molar-refractivity contribution in [3.8, 4) is 0 Å². The summed E-state index contributed by atoms with van der Waals surface area (Å²) in [5.41, 5.74) is 1.29. The number of aliphatic hydroxyl groups excluding tert-OH is 1. The Hall–Kier alpha value is -0.870. The summed E-state index contributed by atoms with van der Waals surface area (Å²) in [5, 5.41) is 12.5. The van der Waals surface area contributed by atoms with Crippen LogP contribution in [0.25, 0.3) is 0 Å². The second-order valence-corrected chi connectivity index (χ2v) is 5.32. The van der Waals surface area contributed by atoms with E-state index in [1.807, 2.05) is 12.5 Å². The van der Waals surface area contributed by atoms with Crippen LogP contribution < -0.4 is 5.32 Å². The fourth-order valence-electron chi connectivity index (χ4n) is 2.49. The van der Waals surface area contributed by atoms with Crippen LogP contribution in [-0.4, -0.2) is 27.8 Å². The molecule has 0 aliphatic heterocycles. The number of rotatable bonds is 9. The Kier molecular flexibility index (Phi) is 5.20. The number of nitrogens with one attached hydrogen (secondary N) is 1. The van der Waals surface area contributed by atoms with Crippen molar-refractivity contribution in [3.63, 3.8) is 0 Å². The first-order valence-corrected chi connectivity index (χ1v) is 7.17. The van der Waals surface area contributed by atoms with Crippen molar-refractivity contribution in [1.29, 1.82) is 0 Å². The summed E-state index contributed by atoms with van der Waals surface area (Å²) in [6.07, 6.45) is 9.79. The average Bonchev–Trinajstić information content (AvgIpc) is 3.10. The Bertz CT molecular complexity index is 341. The standard InChI is InChI=1S/C14H25N3O/c1-2-3-12(6-7-18)8-15-9-14-10-16-11-17(14)13-4-5-13/h10-13,15,18H,2-9H2,1H3. The van der Waals surface area contributed by atoms with E-state index in [1.165, 1.54) is 31.4 Å². The van der Waals surface area contributed by atoms with Gasteiger partial charge in [-0.15, -0.1) is 0 Å². The van der Waals surface area contributed by atoms with E-state index in [4.69, 9.17) is 5.11 Å². The summed E-state index contributed by atoms with van der Waals surface area (Å²) < 4.78 is 2.30. The van der Waals surface area contributed by atoms with Gasteiger partial charge >= 0.3 is 0 Å². The van der Waals surface area contributed by atoms with E-state index in [0.29, 0.717) is 18.6 Å². The van der Waals surface area contributed by atoms with Gasteiger partial charge in [0.1, 0.15) is 0 Å².